The molecule has 28 heavy (non-hydrogen) atoms. The van der Waals surface area contributed by atoms with Crippen molar-refractivity contribution in [3.8, 4) is 0 Å². The summed E-state index contributed by atoms with van der Waals surface area (Å²) < 4.78 is 3.92. The van der Waals surface area contributed by atoms with Crippen LogP contribution in [0.3, 0.4) is 0 Å². The van der Waals surface area contributed by atoms with Crippen LogP contribution in [0.2, 0.25) is 0 Å². The van der Waals surface area contributed by atoms with E-state index in [2.05, 4.69) is 24.8 Å². The van der Waals surface area contributed by atoms with Crippen LogP contribution in [0.4, 0.5) is 0 Å². The van der Waals surface area contributed by atoms with Crippen LogP contribution in [0.1, 0.15) is 42.4 Å². The monoisotopic (exact) mass is 379 g/mol. The zero-order chi connectivity index (χ0) is 19.3. The Hall–Kier alpha value is -3.03. The van der Waals surface area contributed by atoms with Gasteiger partial charge in [-0.05, 0) is 37.0 Å². The Kier molecular flexibility index (Phi) is 5.45. The quantitative estimate of drug-likeness (QED) is 0.652. The zero-order valence-corrected chi connectivity index (χ0v) is 16.1. The van der Waals surface area contributed by atoms with Gasteiger partial charge in [-0.3, -0.25) is 14.5 Å². The highest BCUT2D eigenvalue weighted by Crippen LogP contribution is 2.27. The minimum absolute atomic E-state index is 0.222. The lowest BCUT2D eigenvalue weighted by Gasteiger charge is -2.31. The molecule has 0 saturated carbocycles. The highest BCUT2D eigenvalue weighted by molar-refractivity contribution is 5.76. The molecule has 3 aromatic heterocycles. The van der Waals surface area contributed by atoms with Crippen molar-refractivity contribution in [2.24, 2.45) is 7.05 Å². The van der Waals surface area contributed by atoms with Crippen LogP contribution in [0.25, 0.3) is 0 Å². The van der Waals surface area contributed by atoms with Gasteiger partial charge in [0, 0.05) is 57.3 Å². The minimum atomic E-state index is 0.222. The molecule has 1 amide bonds. The second kappa shape index (κ2) is 8.33. The Labute approximate surface area is 164 Å². The first-order valence-electron chi connectivity index (χ1n) is 9.73. The van der Waals surface area contributed by atoms with E-state index >= 15 is 0 Å². The SMILES string of the molecule is Cn1c(Cn2cccn2)nnc1C1CCN(C(=O)CCc2cccnc2)CC1. The smallest absolute Gasteiger partial charge is 0.222 e. The Morgan fingerprint density at radius 2 is 2.04 bits per heavy atom. The summed E-state index contributed by atoms with van der Waals surface area (Å²) in [6.07, 6.45) is 10.4. The third-order valence-electron chi connectivity index (χ3n) is 5.42. The van der Waals surface area contributed by atoms with Gasteiger partial charge in [0.15, 0.2) is 5.82 Å². The van der Waals surface area contributed by atoms with Crippen LogP contribution < -0.4 is 0 Å². The lowest BCUT2D eigenvalue weighted by molar-refractivity contribution is -0.132. The molecule has 0 radical (unpaired) electrons. The molecule has 3 aromatic rings. The fraction of sp³-hybridized carbons (Fsp3) is 0.450. The third kappa shape index (κ3) is 4.11. The number of carbonyl (C=O) groups excluding carboxylic acids is 1. The van der Waals surface area contributed by atoms with Crippen molar-refractivity contribution in [1.82, 2.24) is 34.4 Å². The number of aryl methyl sites for hydroxylation is 1. The van der Waals surface area contributed by atoms with Gasteiger partial charge >= 0.3 is 0 Å². The molecule has 8 nitrogen and oxygen atoms in total. The topological polar surface area (TPSA) is 81.7 Å². The lowest BCUT2D eigenvalue weighted by Crippen LogP contribution is -2.38. The van der Waals surface area contributed by atoms with Crippen molar-refractivity contribution < 1.29 is 4.79 Å². The van der Waals surface area contributed by atoms with Gasteiger partial charge in [-0.1, -0.05) is 6.07 Å². The average Bonchev–Trinajstić information content (AvgIpc) is 3.38. The Balaban J connectivity index is 1.30. The first-order valence-corrected chi connectivity index (χ1v) is 9.73. The second-order valence-electron chi connectivity index (χ2n) is 7.25. The summed E-state index contributed by atoms with van der Waals surface area (Å²) in [5.74, 6) is 2.46. The van der Waals surface area contributed by atoms with Crippen LogP contribution in [0.5, 0.6) is 0 Å². The first kappa shape index (κ1) is 18.3. The van der Waals surface area contributed by atoms with Gasteiger partial charge in [0.05, 0.1) is 0 Å². The number of piperidine rings is 1. The van der Waals surface area contributed by atoms with Crippen molar-refractivity contribution in [1.29, 1.82) is 0 Å². The number of nitrogens with zero attached hydrogens (tertiary/aromatic N) is 7. The third-order valence-corrected chi connectivity index (χ3v) is 5.42. The highest BCUT2D eigenvalue weighted by Gasteiger charge is 2.27. The Morgan fingerprint density at radius 1 is 1.18 bits per heavy atom. The molecule has 0 aliphatic carbocycles. The van der Waals surface area contributed by atoms with E-state index in [9.17, 15) is 4.79 Å². The van der Waals surface area contributed by atoms with Crippen LogP contribution in [0.15, 0.2) is 43.0 Å². The second-order valence-corrected chi connectivity index (χ2v) is 7.25. The maximum absolute atomic E-state index is 12.5. The fourth-order valence-corrected chi connectivity index (χ4v) is 3.75. The summed E-state index contributed by atoms with van der Waals surface area (Å²) in [6.45, 7) is 2.16. The highest BCUT2D eigenvalue weighted by atomic mass is 16.2. The minimum Gasteiger partial charge on any atom is -0.343 e. The molecule has 1 aliphatic rings. The van der Waals surface area contributed by atoms with Crippen LogP contribution in [0, 0.1) is 0 Å². The number of carbonyl (C=O) groups is 1. The summed E-state index contributed by atoms with van der Waals surface area (Å²) in [6, 6.07) is 5.83. The number of aromatic nitrogens is 6. The molecule has 146 valence electrons. The number of pyridine rings is 1. The summed E-state index contributed by atoms with van der Waals surface area (Å²) in [7, 11) is 2.01. The predicted octanol–water partition coefficient (Wildman–Crippen LogP) is 1.79. The normalized spacial score (nSPS) is 15.1. The van der Waals surface area contributed by atoms with Gasteiger partial charge in [-0.25, -0.2) is 0 Å². The van der Waals surface area contributed by atoms with Crippen molar-refractivity contribution in [2.75, 3.05) is 13.1 Å². The van der Waals surface area contributed by atoms with Crippen LogP contribution >= 0.6 is 0 Å². The molecule has 4 rings (SSSR count). The lowest BCUT2D eigenvalue weighted by atomic mass is 9.95. The predicted molar refractivity (Wildman–Crippen MR) is 103 cm³/mol. The molecule has 0 aromatic carbocycles. The number of hydrogen-bond donors (Lipinski definition) is 0. The van der Waals surface area contributed by atoms with Gasteiger partial charge in [-0.15, -0.1) is 10.2 Å². The molecule has 0 atom stereocenters. The number of amides is 1. The molecular weight excluding hydrogens is 354 g/mol. The summed E-state index contributed by atoms with van der Waals surface area (Å²) in [4.78, 5) is 18.6. The van der Waals surface area contributed by atoms with E-state index in [4.69, 9.17) is 0 Å². The summed E-state index contributed by atoms with van der Waals surface area (Å²) in [5.41, 5.74) is 1.11. The van der Waals surface area contributed by atoms with Crippen molar-refractivity contribution in [3.63, 3.8) is 0 Å². The van der Waals surface area contributed by atoms with E-state index in [-0.39, 0.29) is 5.91 Å². The molecule has 0 bridgehead atoms. The molecule has 8 heteroatoms. The van der Waals surface area contributed by atoms with E-state index in [1.54, 1.807) is 12.4 Å². The van der Waals surface area contributed by atoms with Crippen molar-refractivity contribution >= 4 is 5.91 Å². The Bertz CT molecular complexity index is 896. The average molecular weight is 379 g/mol. The Morgan fingerprint density at radius 3 is 2.75 bits per heavy atom. The molecule has 0 N–H and O–H groups in total. The summed E-state index contributed by atoms with van der Waals surface area (Å²) >= 11 is 0. The number of rotatable bonds is 6. The van der Waals surface area contributed by atoms with Crippen molar-refractivity contribution in [2.45, 2.75) is 38.1 Å². The van der Waals surface area contributed by atoms with E-state index in [1.807, 2.05) is 47.2 Å². The van der Waals surface area contributed by atoms with Crippen molar-refractivity contribution in [3.05, 3.63) is 60.2 Å². The van der Waals surface area contributed by atoms with E-state index in [0.29, 0.717) is 18.9 Å². The van der Waals surface area contributed by atoms with Gasteiger partial charge < -0.3 is 9.47 Å². The molecule has 0 spiro atoms. The standard InChI is InChI=1S/C20H25N7O/c1-25-18(15-27-11-3-10-22-27)23-24-20(25)17-7-12-26(13-8-17)19(28)6-5-16-4-2-9-21-14-16/h2-4,9-11,14,17H,5-8,12-13,15H2,1H3. The van der Waals surface area contributed by atoms with E-state index < -0.39 is 0 Å². The maximum atomic E-state index is 12.5. The maximum Gasteiger partial charge on any atom is 0.222 e. The first-order chi connectivity index (χ1) is 13.7. The number of likely N-dealkylation sites (tertiary alicyclic amines) is 1. The molecule has 1 fully saturated rings. The van der Waals surface area contributed by atoms with Gasteiger partial charge in [-0.2, -0.15) is 5.10 Å². The van der Waals surface area contributed by atoms with Crippen LogP contribution in [-0.4, -0.2) is 53.4 Å². The van der Waals surface area contributed by atoms with Gasteiger partial charge in [0.2, 0.25) is 5.91 Å². The molecular formula is C20H25N7O. The molecule has 4 heterocycles. The molecule has 0 unspecified atom stereocenters. The zero-order valence-electron chi connectivity index (χ0n) is 16.1. The fourth-order valence-electron chi connectivity index (χ4n) is 3.75. The molecule has 1 aliphatic heterocycles. The number of hydrogen-bond acceptors (Lipinski definition) is 5. The largest absolute Gasteiger partial charge is 0.343 e. The molecule has 1 saturated heterocycles. The van der Waals surface area contributed by atoms with E-state index in [0.717, 1.165) is 49.6 Å². The van der Waals surface area contributed by atoms with Gasteiger partial charge in [0.1, 0.15) is 12.4 Å². The van der Waals surface area contributed by atoms with Gasteiger partial charge in [0.25, 0.3) is 0 Å². The summed E-state index contributed by atoms with van der Waals surface area (Å²) in [5, 5.41) is 13.0. The van der Waals surface area contributed by atoms with Crippen LogP contribution in [-0.2, 0) is 24.8 Å². The van der Waals surface area contributed by atoms with E-state index in [1.165, 1.54) is 0 Å².